The van der Waals surface area contributed by atoms with Crippen LogP contribution in [-0.4, -0.2) is 34.5 Å². The lowest BCUT2D eigenvalue weighted by Gasteiger charge is -2.07. The maximum atomic E-state index is 4.83. The van der Waals surface area contributed by atoms with Gasteiger partial charge in [-0.05, 0) is 33.3 Å². The number of hydrogen-bond donors (Lipinski definition) is 0. The average molecular weight is 361 g/mol. The molecule has 4 aromatic heterocycles. The van der Waals surface area contributed by atoms with E-state index in [-0.39, 0.29) is 0 Å². The van der Waals surface area contributed by atoms with Gasteiger partial charge in [0.25, 0.3) is 0 Å². The van der Waals surface area contributed by atoms with Crippen LogP contribution >= 0.6 is 0 Å². The number of fused-ring (bicyclic) bond motifs is 1. The number of aromatic nitrogens is 7. The second-order valence-corrected chi connectivity index (χ2v) is 6.90. The van der Waals surface area contributed by atoms with Gasteiger partial charge in [0.15, 0.2) is 5.65 Å². The molecule has 138 valence electrons. The first-order valence-corrected chi connectivity index (χ1v) is 9.15. The van der Waals surface area contributed by atoms with Gasteiger partial charge in [-0.1, -0.05) is 6.92 Å². The summed E-state index contributed by atoms with van der Waals surface area (Å²) in [6.45, 7) is 9.04. The Kier molecular flexibility index (Phi) is 4.22. The van der Waals surface area contributed by atoms with Crippen LogP contribution in [0.2, 0.25) is 0 Å². The minimum absolute atomic E-state index is 0.715. The molecule has 0 fully saturated rings. The van der Waals surface area contributed by atoms with Gasteiger partial charge in [-0.3, -0.25) is 19.3 Å². The van der Waals surface area contributed by atoms with Crippen LogP contribution in [0.25, 0.3) is 33.5 Å². The second kappa shape index (κ2) is 6.57. The Morgan fingerprint density at radius 2 is 1.78 bits per heavy atom. The van der Waals surface area contributed by atoms with E-state index >= 15 is 0 Å². The van der Waals surface area contributed by atoms with Crippen molar-refractivity contribution in [2.75, 3.05) is 0 Å². The molecule has 4 aromatic rings. The smallest absolute Gasteiger partial charge is 0.182 e. The molecule has 0 saturated heterocycles. The summed E-state index contributed by atoms with van der Waals surface area (Å²) >= 11 is 0. The topological polar surface area (TPSA) is 74.3 Å². The molecule has 0 bridgehead atoms. The maximum Gasteiger partial charge on any atom is 0.182 e. The van der Waals surface area contributed by atoms with Crippen molar-refractivity contribution in [1.82, 2.24) is 34.5 Å². The van der Waals surface area contributed by atoms with Crippen LogP contribution in [0, 0.1) is 20.8 Å². The minimum atomic E-state index is 0.715. The quantitative estimate of drug-likeness (QED) is 0.555. The monoisotopic (exact) mass is 361 g/mol. The maximum absolute atomic E-state index is 4.83. The van der Waals surface area contributed by atoms with Crippen LogP contribution in [0.4, 0.5) is 0 Å². The molecule has 0 N–H and O–H groups in total. The third-order valence-electron chi connectivity index (χ3n) is 4.82. The molecule has 0 saturated carbocycles. The molecule has 0 aromatic carbocycles. The third kappa shape index (κ3) is 2.99. The fourth-order valence-electron chi connectivity index (χ4n) is 3.32. The molecule has 0 spiro atoms. The molecule has 0 aliphatic rings. The van der Waals surface area contributed by atoms with Crippen LogP contribution < -0.4 is 0 Å². The molecule has 0 atom stereocenters. The van der Waals surface area contributed by atoms with Gasteiger partial charge in [0.05, 0.1) is 34.4 Å². The van der Waals surface area contributed by atoms with Crippen LogP contribution in [0.1, 0.15) is 30.4 Å². The number of aryl methyl sites for hydroxylation is 5. The zero-order valence-electron chi connectivity index (χ0n) is 16.4. The lowest BCUT2D eigenvalue weighted by atomic mass is 10.0. The highest BCUT2D eigenvalue weighted by atomic mass is 15.3. The lowest BCUT2D eigenvalue weighted by Crippen LogP contribution is -1.96. The normalized spacial score (nSPS) is 11.4. The molecule has 7 heteroatoms. The summed E-state index contributed by atoms with van der Waals surface area (Å²) in [5.41, 5.74) is 7.33. The van der Waals surface area contributed by atoms with Crippen molar-refractivity contribution < 1.29 is 0 Å². The van der Waals surface area contributed by atoms with Gasteiger partial charge in [0.1, 0.15) is 0 Å². The highest BCUT2D eigenvalue weighted by Gasteiger charge is 2.18. The zero-order chi connectivity index (χ0) is 19.1. The van der Waals surface area contributed by atoms with Crippen LogP contribution in [0.3, 0.4) is 0 Å². The summed E-state index contributed by atoms with van der Waals surface area (Å²) in [5.74, 6) is 0. The summed E-state index contributed by atoms with van der Waals surface area (Å²) in [7, 11) is 1.94. The van der Waals surface area contributed by atoms with Gasteiger partial charge < -0.3 is 0 Å². The predicted octanol–water partition coefficient (Wildman–Crippen LogP) is 3.62. The van der Waals surface area contributed by atoms with Crippen molar-refractivity contribution in [3.8, 4) is 22.5 Å². The molecule has 0 unspecified atom stereocenters. The average Bonchev–Trinajstić information content (AvgIpc) is 3.15. The summed E-state index contributed by atoms with van der Waals surface area (Å²) in [5, 5.41) is 10.2. The predicted molar refractivity (Wildman–Crippen MR) is 105 cm³/mol. The number of hydrogen-bond acceptors (Lipinski definition) is 5. The summed E-state index contributed by atoms with van der Waals surface area (Å²) in [4.78, 5) is 13.8. The molecule has 0 radical (unpaired) electrons. The van der Waals surface area contributed by atoms with Crippen molar-refractivity contribution in [3.63, 3.8) is 0 Å². The first-order valence-electron chi connectivity index (χ1n) is 9.15. The van der Waals surface area contributed by atoms with E-state index in [1.807, 2.05) is 43.4 Å². The fraction of sp³-hybridized carbons (Fsp3) is 0.350. The minimum Gasteiger partial charge on any atom is -0.272 e. The van der Waals surface area contributed by atoms with E-state index in [9.17, 15) is 0 Å². The molecular formula is C20H23N7. The van der Waals surface area contributed by atoms with Crippen molar-refractivity contribution >= 4 is 11.0 Å². The van der Waals surface area contributed by atoms with Crippen molar-refractivity contribution in [3.05, 3.63) is 41.7 Å². The van der Waals surface area contributed by atoms with Crippen molar-refractivity contribution in [2.45, 2.75) is 40.7 Å². The molecule has 4 rings (SSSR count). The molecule has 27 heavy (non-hydrogen) atoms. The van der Waals surface area contributed by atoms with Crippen LogP contribution in [-0.2, 0) is 13.6 Å². The Balaban J connectivity index is 1.97. The summed E-state index contributed by atoms with van der Waals surface area (Å²) < 4.78 is 3.84. The van der Waals surface area contributed by atoms with Crippen LogP contribution in [0.5, 0.6) is 0 Å². The largest absolute Gasteiger partial charge is 0.272 e. The number of nitrogens with zero attached hydrogens (tertiary/aromatic N) is 7. The molecule has 0 amide bonds. The zero-order valence-corrected chi connectivity index (χ0v) is 16.4. The summed E-state index contributed by atoms with van der Waals surface area (Å²) in [6.07, 6.45) is 6.70. The molecule has 0 aliphatic heterocycles. The van der Waals surface area contributed by atoms with E-state index < -0.39 is 0 Å². The highest BCUT2D eigenvalue weighted by molar-refractivity contribution is 5.95. The molecule has 4 heterocycles. The van der Waals surface area contributed by atoms with Gasteiger partial charge in [0.2, 0.25) is 0 Å². The van der Waals surface area contributed by atoms with Gasteiger partial charge in [-0.2, -0.15) is 10.2 Å². The standard InChI is InChI=1S/C20H23N7/c1-6-7-27-11-16(13(3)24-27)17-8-15(18-10-21-12(2)9-22-18)19-14(4)26(5)25-20(19)23-17/h8-11H,6-7H2,1-5H3. The van der Waals surface area contributed by atoms with E-state index in [0.29, 0.717) is 5.65 Å². The van der Waals surface area contributed by atoms with E-state index in [4.69, 9.17) is 4.98 Å². The van der Waals surface area contributed by atoms with Gasteiger partial charge in [-0.15, -0.1) is 0 Å². The highest BCUT2D eigenvalue weighted by Crippen LogP contribution is 2.33. The van der Waals surface area contributed by atoms with Gasteiger partial charge >= 0.3 is 0 Å². The van der Waals surface area contributed by atoms with Crippen molar-refractivity contribution in [1.29, 1.82) is 0 Å². The van der Waals surface area contributed by atoms with E-state index in [2.05, 4.69) is 39.4 Å². The SMILES string of the molecule is CCCn1cc(-c2cc(-c3cnc(C)cn3)c3c(C)n(C)nc3n2)c(C)n1. The number of pyridine rings is 1. The van der Waals surface area contributed by atoms with E-state index in [1.165, 1.54) is 0 Å². The summed E-state index contributed by atoms with van der Waals surface area (Å²) in [6, 6.07) is 2.08. The molecule has 7 nitrogen and oxygen atoms in total. The third-order valence-corrected chi connectivity index (χ3v) is 4.82. The number of rotatable bonds is 4. The molecular weight excluding hydrogens is 338 g/mol. The van der Waals surface area contributed by atoms with E-state index in [0.717, 1.165) is 57.9 Å². The Morgan fingerprint density at radius 1 is 0.963 bits per heavy atom. The Morgan fingerprint density at radius 3 is 2.48 bits per heavy atom. The molecule has 0 aliphatic carbocycles. The van der Waals surface area contributed by atoms with Gasteiger partial charge in [0, 0.05) is 42.8 Å². The Hall–Kier alpha value is -3.09. The second-order valence-electron chi connectivity index (χ2n) is 6.90. The Labute approximate surface area is 158 Å². The van der Waals surface area contributed by atoms with Crippen LogP contribution in [0.15, 0.2) is 24.7 Å². The fourth-order valence-corrected chi connectivity index (χ4v) is 3.32. The lowest BCUT2D eigenvalue weighted by molar-refractivity contribution is 0.598. The first-order chi connectivity index (χ1) is 13.0. The first kappa shape index (κ1) is 17.3. The van der Waals surface area contributed by atoms with Crippen molar-refractivity contribution in [2.24, 2.45) is 7.05 Å². The van der Waals surface area contributed by atoms with E-state index in [1.54, 1.807) is 6.20 Å². The Bertz CT molecular complexity index is 1120. The van der Waals surface area contributed by atoms with Gasteiger partial charge in [-0.25, -0.2) is 4.98 Å².